The van der Waals surface area contributed by atoms with Crippen LogP contribution in [-0.4, -0.2) is 22.0 Å². The number of hydrogen-bond acceptors (Lipinski definition) is 5. The molecule has 1 aliphatic rings. The highest BCUT2D eigenvalue weighted by Gasteiger charge is 2.15. The van der Waals surface area contributed by atoms with Gasteiger partial charge in [-0.2, -0.15) is 5.10 Å². The van der Waals surface area contributed by atoms with Gasteiger partial charge in [0.05, 0.1) is 18.5 Å². The molecule has 1 saturated carbocycles. The quantitative estimate of drug-likeness (QED) is 0.428. The predicted octanol–water partition coefficient (Wildman–Crippen LogP) is 5.78. The summed E-state index contributed by atoms with van der Waals surface area (Å²) in [7, 11) is 0. The number of fused-ring (bicyclic) bond motifs is 1. The van der Waals surface area contributed by atoms with Gasteiger partial charge in [0.25, 0.3) is 0 Å². The number of aromatic nitrogens is 1. The average Bonchev–Trinajstić information content (AvgIpc) is 3.44. The molecule has 1 aliphatic carbocycles. The summed E-state index contributed by atoms with van der Waals surface area (Å²) >= 11 is 1.57. The Bertz CT molecular complexity index is 1250. The summed E-state index contributed by atoms with van der Waals surface area (Å²) in [6.45, 7) is 0. The minimum atomic E-state index is 0.207. The van der Waals surface area contributed by atoms with Crippen LogP contribution in [0.1, 0.15) is 37.7 Å². The minimum absolute atomic E-state index is 0.207. The molecule has 6 heteroatoms. The Morgan fingerprint density at radius 3 is 2.73 bits per heavy atom. The van der Waals surface area contributed by atoms with Crippen molar-refractivity contribution in [2.45, 2.75) is 38.1 Å². The third-order valence-corrected chi connectivity index (χ3v) is 6.41. The molecule has 0 unspecified atom stereocenters. The van der Waals surface area contributed by atoms with Gasteiger partial charge in [-0.25, -0.2) is 4.68 Å². The second-order valence-corrected chi connectivity index (χ2v) is 8.41. The highest BCUT2D eigenvalue weighted by Crippen LogP contribution is 2.26. The second kappa shape index (κ2) is 8.32. The SMILES string of the molecule is Oc1ccc2ccccc2c1/C=N/n1c(-c2ccco2)csc1=NC1CCCCC1. The maximum absolute atomic E-state index is 10.5. The van der Waals surface area contributed by atoms with Gasteiger partial charge in [0.2, 0.25) is 4.80 Å². The molecule has 4 aromatic rings. The number of phenols is 1. The van der Waals surface area contributed by atoms with Crippen molar-refractivity contribution in [2.75, 3.05) is 0 Å². The van der Waals surface area contributed by atoms with Crippen molar-refractivity contribution in [1.82, 2.24) is 4.68 Å². The van der Waals surface area contributed by atoms with Gasteiger partial charge in [-0.1, -0.05) is 49.6 Å². The standard InChI is InChI=1S/C24H23N3O2S/c28-22-13-12-17-7-4-5-10-19(17)20(22)15-25-27-21(23-11-6-14-29-23)16-30-24(27)26-18-8-2-1-3-9-18/h4-7,10-16,18,28H,1-3,8-9H2/b25-15+,26-24?. The van der Waals surface area contributed by atoms with Crippen LogP contribution >= 0.6 is 11.3 Å². The molecule has 5 rings (SSSR count). The van der Waals surface area contributed by atoms with Crippen LogP contribution < -0.4 is 4.80 Å². The van der Waals surface area contributed by atoms with Crippen molar-refractivity contribution in [3.63, 3.8) is 0 Å². The third-order valence-electron chi connectivity index (χ3n) is 5.58. The zero-order valence-electron chi connectivity index (χ0n) is 16.6. The largest absolute Gasteiger partial charge is 0.507 e. The molecule has 0 saturated heterocycles. The van der Waals surface area contributed by atoms with Crippen LogP contribution in [0.3, 0.4) is 0 Å². The van der Waals surface area contributed by atoms with Crippen LogP contribution in [0.4, 0.5) is 0 Å². The molecule has 2 aromatic heterocycles. The van der Waals surface area contributed by atoms with Gasteiger partial charge < -0.3 is 9.52 Å². The number of benzene rings is 2. The number of furan rings is 1. The van der Waals surface area contributed by atoms with Crippen molar-refractivity contribution in [1.29, 1.82) is 0 Å². The van der Waals surface area contributed by atoms with E-state index in [9.17, 15) is 5.11 Å². The molecule has 1 fully saturated rings. The zero-order chi connectivity index (χ0) is 20.3. The molecular formula is C24H23N3O2S. The monoisotopic (exact) mass is 417 g/mol. The molecule has 30 heavy (non-hydrogen) atoms. The summed E-state index contributed by atoms with van der Waals surface area (Å²) in [5.74, 6) is 0.953. The van der Waals surface area contributed by atoms with E-state index in [0.29, 0.717) is 11.6 Å². The molecule has 0 bridgehead atoms. The summed E-state index contributed by atoms with van der Waals surface area (Å²) in [6, 6.07) is 15.7. The number of aromatic hydroxyl groups is 1. The van der Waals surface area contributed by atoms with Crippen molar-refractivity contribution >= 4 is 28.3 Å². The Labute approximate surface area is 178 Å². The van der Waals surface area contributed by atoms with Crippen LogP contribution in [0.5, 0.6) is 5.75 Å². The third kappa shape index (κ3) is 3.71. The van der Waals surface area contributed by atoms with E-state index in [4.69, 9.17) is 14.5 Å². The lowest BCUT2D eigenvalue weighted by Crippen LogP contribution is -2.18. The highest BCUT2D eigenvalue weighted by atomic mass is 32.1. The Hall–Kier alpha value is -3.12. The number of rotatable bonds is 4. The number of nitrogens with zero attached hydrogens (tertiary/aromatic N) is 3. The van der Waals surface area contributed by atoms with Gasteiger partial charge in [-0.15, -0.1) is 11.3 Å². The van der Waals surface area contributed by atoms with Gasteiger partial charge in [0.15, 0.2) is 5.76 Å². The zero-order valence-corrected chi connectivity index (χ0v) is 17.4. The summed E-state index contributed by atoms with van der Waals surface area (Å²) in [5, 5.41) is 19.3. The summed E-state index contributed by atoms with van der Waals surface area (Å²) in [6.07, 6.45) is 9.40. The first kappa shape index (κ1) is 18.9. The van der Waals surface area contributed by atoms with E-state index >= 15 is 0 Å². The topological polar surface area (TPSA) is 63.0 Å². The lowest BCUT2D eigenvalue weighted by atomic mass is 9.96. The van der Waals surface area contributed by atoms with Gasteiger partial charge in [-0.05, 0) is 41.8 Å². The molecule has 0 atom stereocenters. The van der Waals surface area contributed by atoms with Crippen LogP contribution in [0.25, 0.3) is 22.2 Å². The number of thiazole rings is 1. The number of phenolic OH excluding ortho intramolecular Hbond substituents is 1. The lowest BCUT2D eigenvalue weighted by Gasteiger charge is -2.16. The van der Waals surface area contributed by atoms with E-state index in [2.05, 4.69) is 0 Å². The Kier molecular flexibility index (Phi) is 5.24. The Morgan fingerprint density at radius 2 is 1.90 bits per heavy atom. The molecule has 2 heterocycles. The van der Waals surface area contributed by atoms with E-state index in [1.165, 1.54) is 19.3 Å². The Morgan fingerprint density at radius 1 is 1.03 bits per heavy atom. The Balaban J connectivity index is 1.62. The van der Waals surface area contributed by atoms with Gasteiger partial charge in [0.1, 0.15) is 11.4 Å². The van der Waals surface area contributed by atoms with Gasteiger partial charge in [-0.3, -0.25) is 4.99 Å². The smallest absolute Gasteiger partial charge is 0.206 e. The minimum Gasteiger partial charge on any atom is -0.507 e. The van der Waals surface area contributed by atoms with Crippen LogP contribution in [-0.2, 0) is 0 Å². The van der Waals surface area contributed by atoms with Crippen molar-refractivity contribution in [3.05, 3.63) is 70.5 Å². The predicted molar refractivity (Wildman–Crippen MR) is 121 cm³/mol. The van der Waals surface area contributed by atoms with E-state index in [0.717, 1.165) is 39.9 Å². The van der Waals surface area contributed by atoms with E-state index in [-0.39, 0.29) is 5.75 Å². The van der Waals surface area contributed by atoms with E-state index in [1.807, 2.05) is 52.5 Å². The maximum Gasteiger partial charge on any atom is 0.206 e. The molecule has 0 amide bonds. The number of hydrogen-bond donors (Lipinski definition) is 1. The fourth-order valence-corrected chi connectivity index (χ4v) is 4.88. The summed E-state index contributed by atoms with van der Waals surface area (Å²) in [4.78, 5) is 5.86. The highest BCUT2D eigenvalue weighted by molar-refractivity contribution is 7.07. The molecule has 152 valence electrons. The summed E-state index contributed by atoms with van der Waals surface area (Å²) in [5.41, 5.74) is 1.55. The first-order valence-corrected chi connectivity index (χ1v) is 11.2. The van der Waals surface area contributed by atoms with Crippen molar-refractivity contribution in [2.24, 2.45) is 10.1 Å². The van der Waals surface area contributed by atoms with Crippen molar-refractivity contribution < 1.29 is 9.52 Å². The van der Waals surface area contributed by atoms with E-state index in [1.54, 1.807) is 29.9 Å². The molecule has 0 aliphatic heterocycles. The molecular weight excluding hydrogens is 394 g/mol. The summed E-state index contributed by atoms with van der Waals surface area (Å²) < 4.78 is 7.46. The van der Waals surface area contributed by atoms with Crippen molar-refractivity contribution in [3.8, 4) is 17.2 Å². The van der Waals surface area contributed by atoms with Crippen LogP contribution in [0, 0.1) is 0 Å². The fourth-order valence-electron chi connectivity index (χ4n) is 4.00. The lowest BCUT2D eigenvalue weighted by molar-refractivity contribution is 0.435. The molecule has 0 radical (unpaired) electrons. The van der Waals surface area contributed by atoms with Crippen LogP contribution in [0.2, 0.25) is 0 Å². The second-order valence-electron chi connectivity index (χ2n) is 7.58. The normalized spacial score (nSPS) is 16.1. The maximum atomic E-state index is 10.5. The molecule has 5 nitrogen and oxygen atoms in total. The fraction of sp³-hybridized carbons (Fsp3) is 0.250. The molecule has 2 aromatic carbocycles. The average molecular weight is 418 g/mol. The van der Waals surface area contributed by atoms with Crippen LogP contribution in [0.15, 0.2) is 74.7 Å². The first-order chi connectivity index (χ1) is 14.8. The van der Waals surface area contributed by atoms with Gasteiger partial charge >= 0.3 is 0 Å². The van der Waals surface area contributed by atoms with E-state index < -0.39 is 0 Å². The molecule has 0 spiro atoms. The van der Waals surface area contributed by atoms with Gasteiger partial charge in [0, 0.05) is 10.9 Å². The first-order valence-electron chi connectivity index (χ1n) is 10.3. The molecule has 1 N–H and O–H groups in total.